The molecule has 148 valence electrons. The smallest absolute Gasteiger partial charge is 0.222 e. The van der Waals surface area contributed by atoms with Gasteiger partial charge in [-0.2, -0.15) is 0 Å². The Balaban J connectivity index is 1.69. The van der Waals surface area contributed by atoms with Gasteiger partial charge in [0.2, 0.25) is 5.91 Å². The Hall–Kier alpha value is -1.59. The second-order valence-corrected chi connectivity index (χ2v) is 9.06. The minimum absolute atomic E-state index is 0.00763. The fraction of sp³-hybridized carbons (Fsp3) is 0.682. The van der Waals surface area contributed by atoms with Gasteiger partial charge in [0.25, 0.3) is 0 Å². The first-order chi connectivity index (χ1) is 12.9. The summed E-state index contributed by atoms with van der Waals surface area (Å²) in [6, 6.07) is 8.26. The van der Waals surface area contributed by atoms with E-state index < -0.39 is 0 Å². The Morgan fingerprint density at radius 1 is 1.37 bits per heavy atom. The number of para-hydroxylation sites is 1. The van der Waals surface area contributed by atoms with Crippen LogP contribution in [0.3, 0.4) is 0 Å². The third-order valence-electron chi connectivity index (χ3n) is 7.59. The van der Waals surface area contributed by atoms with Crippen molar-refractivity contribution in [1.82, 2.24) is 5.32 Å². The standard InChI is InChI=1S/C22H31NO4/c1-21(2)14-12-16-19(15-6-4-5-7-17(15)26-3)27-11-9-22(16,13-14)20(21)23-18(25)8-10-24/h4-7,14,16,19-20,24H,8-13H2,1-3H3,(H,23,25)/t14-,16-,19-,20+,22-/m1/s1. The molecular formula is C22H31NO4. The van der Waals surface area contributed by atoms with Gasteiger partial charge in [-0.1, -0.05) is 32.0 Å². The molecule has 3 fully saturated rings. The summed E-state index contributed by atoms with van der Waals surface area (Å²) >= 11 is 0. The molecular weight excluding hydrogens is 342 g/mol. The van der Waals surface area contributed by atoms with Crippen LogP contribution >= 0.6 is 0 Å². The molecule has 5 atom stereocenters. The average molecular weight is 373 g/mol. The summed E-state index contributed by atoms with van der Waals surface area (Å²) in [5, 5.41) is 12.5. The highest BCUT2D eigenvalue weighted by Crippen LogP contribution is 2.70. The first-order valence-electron chi connectivity index (χ1n) is 10.1. The number of aliphatic hydroxyl groups excluding tert-OH is 1. The fourth-order valence-electron chi connectivity index (χ4n) is 6.33. The van der Waals surface area contributed by atoms with Crippen LogP contribution < -0.4 is 10.1 Å². The van der Waals surface area contributed by atoms with Crippen molar-refractivity contribution in [1.29, 1.82) is 0 Å². The van der Waals surface area contributed by atoms with Crippen LogP contribution in [-0.4, -0.2) is 37.4 Å². The van der Waals surface area contributed by atoms with E-state index in [1.165, 1.54) is 0 Å². The van der Waals surface area contributed by atoms with Crippen LogP contribution in [-0.2, 0) is 9.53 Å². The Morgan fingerprint density at radius 3 is 2.89 bits per heavy atom. The van der Waals surface area contributed by atoms with Crippen molar-refractivity contribution >= 4 is 5.91 Å². The number of nitrogens with one attached hydrogen (secondary N) is 1. The number of aliphatic hydroxyl groups is 1. The first kappa shape index (κ1) is 18.8. The van der Waals surface area contributed by atoms with Crippen molar-refractivity contribution in [2.24, 2.45) is 22.7 Å². The van der Waals surface area contributed by atoms with E-state index in [1.54, 1.807) is 7.11 Å². The lowest BCUT2D eigenvalue weighted by molar-refractivity contribution is -0.137. The third kappa shape index (κ3) is 2.78. The molecule has 0 aromatic heterocycles. The predicted molar refractivity (Wildman–Crippen MR) is 102 cm³/mol. The molecule has 1 aromatic rings. The van der Waals surface area contributed by atoms with Gasteiger partial charge in [-0.3, -0.25) is 4.79 Å². The van der Waals surface area contributed by atoms with E-state index >= 15 is 0 Å². The maximum atomic E-state index is 12.4. The van der Waals surface area contributed by atoms with Crippen molar-refractivity contribution in [2.45, 2.75) is 51.7 Å². The lowest BCUT2D eigenvalue weighted by Gasteiger charge is -2.53. The molecule has 1 amide bonds. The quantitative estimate of drug-likeness (QED) is 0.832. The molecule has 5 heteroatoms. The van der Waals surface area contributed by atoms with Crippen LogP contribution in [0.5, 0.6) is 5.75 Å². The molecule has 0 radical (unpaired) electrons. The molecule has 2 aliphatic carbocycles. The highest BCUT2D eigenvalue weighted by atomic mass is 16.5. The van der Waals surface area contributed by atoms with Crippen molar-refractivity contribution in [3.63, 3.8) is 0 Å². The number of methoxy groups -OCH3 is 1. The first-order valence-corrected chi connectivity index (χ1v) is 10.1. The summed E-state index contributed by atoms with van der Waals surface area (Å²) in [6.07, 6.45) is 3.43. The molecule has 3 aliphatic rings. The number of ether oxygens (including phenoxy) is 2. The van der Waals surface area contributed by atoms with Gasteiger partial charge in [0.1, 0.15) is 5.75 Å². The van der Waals surface area contributed by atoms with E-state index in [0.29, 0.717) is 18.4 Å². The molecule has 5 nitrogen and oxygen atoms in total. The normalized spacial score (nSPS) is 36.3. The number of carbonyl (C=O) groups excluding carboxylic acids is 1. The third-order valence-corrected chi connectivity index (χ3v) is 7.59. The number of amides is 1. The van der Waals surface area contributed by atoms with Gasteiger partial charge in [-0.15, -0.1) is 0 Å². The largest absolute Gasteiger partial charge is 0.496 e. The highest BCUT2D eigenvalue weighted by molar-refractivity contribution is 5.76. The van der Waals surface area contributed by atoms with Crippen LogP contribution in [0.25, 0.3) is 0 Å². The van der Waals surface area contributed by atoms with Crippen LogP contribution in [0, 0.1) is 22.7 Å². The van der Waals surface area contributed by atoms with E-state index in [1.807, 2.05) is 18.2 Å². The van der Waals surface area contributed by atoms with Crippen LogP contribution in [0.1, 0.15) is 51.2 Å². The highest BCUT2D eigenvalue weighted by Gasteiger charge is 2.68. The van der Waals surface area contributed by atoms with Crippen molar-refractivity contribution in [3.05, 3.63) is 29.8 Å². The van der Waals surface area contributed by atoms with Gasteiger partial charge < -0.3 is 19.9 Å². The summed E-state index contributed by atoms with van der Waals surface area (Å²) in [4.78, 5) is 12.4. The van der Waals surface area contributed by atoms with Crippen LogP contribution in [0.15, 0.2) is 24.3 Å². The summed E-state index contributed by atoms with van der Waals surface area (Å²) in [5.41, 5.74) is 1.24. The average Bonchev–Trinajstić information content (AvgIpc) is 3.14. The van der Waals surface area contributed by atoms with Gasteiger partial charge in [-0.25, -0.2) is 0 Å². The van der Waals surface area contributed by atoms with Gasteiger partial charge in [-0.05, 0) is 48.0 Å². The Morgan fingerprint density at radius 2 is 2.15 bits per heavy atom. The molecule has 27 heavy (non-hydrogen) atoms. The van der Waals surface area contributed by atoms with Gasteiger partial charge in [0, 0.05) is 24.6 Å². The SMILES string of the molecule is COc1ccccc1[C@H]1OCC[C@@]23C[C@@H](C[C@H]12)C(C)(C)[C@@H]3NC(=O)CCO. The van der Waals surface area contributed by atoms with Crippen molar-refractivity contribution < 1.29 is 19.4 Å². The summed E-state index contributed by atoms with van der Waals surface area (Å²) in [7, 11) is 1.71. The Labute approximate surface area is 161 Å². The molecule has 1 aromatic carbocycles. The monoisotopic (exact) mass is 373 g/mol. The number of rotatable bonds is 5. The summed E-state index contributed by atoms with van der Waals surface area (Å²) in [6.45, 7) is 5.18. The van der Waals surface area contributed by atoms with Crippen LogP contribution in [0.4, 0.5) is 0 Å². The lowest BCUT2D eigenvalue weighted by atomic mass is 9.58. The maximum absolute atomic E-state index is 12.4. The molecule has 2 N–H and O–H groups in total. The van der Waals surface area contributed by atoms with E-state index in [4.69, 9.17) is 14.6 Å². The van der Waals surface area contributed by atoms with Gasteiger partial charge in [0.05, 0.1) is 19.8 Å². The molecule has 1 saturated heterocycles. The molecule has 4 rings (SSSR count). The molecule has 1 aliphatic heterocycles. The van der Waals surface area contributed by atoms with E-state index in [-0.39, 0.29) is 41.9 Å². The maximum Gasteiger partial charge on any atom is 0.222 e. The topological polar surface area (TPSA) is 67.8 Å². The molecule has 1 spiro atoms. The number of hydrogen-bond acceptors (Lipinski definition) is 4. The zero-order valence-corrected chi connectivity index (χ0v) is 16.5. The Bertz CT molecular complexity index is 718. The molecule has 1 heterocycles. The van der Waals surface area contributed by atoms with E-state index in [2.05, 4.69) is 25.2 Å². The van der Waals surface area contributed by atoms with E-state index in [9.17, 15) is 4.79 Å². The molecule has 0 unspecified atom stereocenters. The number of hydrogen-bond donors (Lipinski definition) is 2. The number of fused-ring (bicyclic) bond motifs is 1. The zero-order chi connectivity index (χ0) is 19.2. The molecule has 2 saturated carbocycles. The Kier molecular flexibility index (Phi) is 4.71. The van der Waals surface area contributed by atoms with Crippen molar-refractivity contribution in [3.8, 4) is 5.75 Å². The second-order valence-electron chi connectivity index (χ2n) is 9.06. The predicted octanol–water partition coefficient (Wildman–Crippen LogP) is 3.08. The van der Waals surface area contributed by atoms with E-state index in [0.717, 1.165) is 30.6 Å². The van der Waals surface area contributed by atoms with Crippen LogP contribution in [0.2, 0.25) is 0 Å². The minimum atomic E-state index is -0.105. The second kappa shape index (κ2) is 6.78. The fourth-order valence-corrected chi connectivity index (χ4v) is 6.33. The lowest BCUT2D eigenvalue weighted by Crippen LogP contribution is -2.59. The summed E-state index contributed by atoms with van der Waals surface area (Å²) in [5.74, 6) is 1.78. The number of benzene rings is 1. The zero-order valence-electron chi connectivity index (χ0n) is 16.5. The number of carbonyl (C=O) groups is 1. The van der Waals surface area contributed by atoms with Crippen molar-refractivity contribution in [2.75, 3.05) is 20.3 Å². The van der Waals surface area contributed by atoms with Gasteiger partial charge in [0.15, 0.2) is 0 Å². The van der Waals surface area contributed by atoms with Gasteiger partial charge >= 0.3 is 0 Å². The summed E-state index contributed by atoms with van der Waals surface area (Å²) < 4.78 is 11.9. The molecule has 2 bridgehead atoms. The minimum Gasteiger partial charge on any atom is -0.496 e.